The predicted molar refractivity (Wildman–Crippen MR) is 114 cm³/mol. The highest BCUT2D eigenvalue weighted by Gasteiger charge is 2.25. The van der Waals surface area contributed by atoms with Gasteiger partial charge >= 0.3 is 0 Å². The van der Waals surface area contributed by atoms with E-state index in [4.69, 9.17) is 9.97 Å². The largest absolute Gasteiger partial charge is 0.352 e. The van der Waals surface area contributed by atoms with E-state index in [-0.39, 0.29) is 5.91 Å². The van der Waals surface area contributed by atoms with Crippen LogP contribution in [0.1, 0.15) is 33.0 Å². The Balaban J connectivity index is 1.63. The number of amides is 1. The summed E-state index contributed by atoms with van der Waals surface area (Å²) >= 11 is 0. The molecule has 0 radical (unpaired) electrons. The number of aromatic nitrogens is 4. The summed E-state index contributed by atoms with van der Waals surface area (Å²) in [6.07, 6.45) is 3.23. The van der Waals surface area contributed by atoms with E-state index in [2.05, 4.69) is 30.8 Å². The molecule has 4 rings (SSSR count). The van der Waals surface area contributed by atoms with Crippen LogP contribution in [0.4, 0.5) is 5.82 Å². The van der Waals surface area contributed by atoms with Crippen LogP contribution in [-0.4, -0.2) is 56.7 Å². The van der Waals surface area contributed by atoms with E-state index in [0.717, 1.165) is 61.0 Å². The fraction of sp³-hybridized carbons (Fsp3) is 0.455. The molecule has 1 saturated heterocycles. The monoisotopic (exact) mass is 392 g/mol. The van der Waals surface area contributed by atoms with Gasteiger partial charge in [0, 0.05) is 39.0 Å². The van der Waals surface area contributed by atoms with Crippen LogP contribution in [0.2, 0.25) is 0 Å². The molecule has 1 aliphatic heterocycles. The van der Waals surface area contributed by atoms with Crippen LogP contribution in [0.3, 0.4) is 0 Å². The zero-order valence-corrected chi connectivity index (χ0v) is 17.4. The van der Waals surface area contributed by atoms with Crippen molar-refractivity contribution in [3.8, 4) is 5.69 Å². The maximum absolute atomic E-state index is 12.4. The lowest BCUT2D eigenvalue weighted by atomic mass is 10.1. The molecule has 0 unspecified atom stereocenters. The Labute approximate surface area is 171 Å². The second kappa shape index (κ2) is 8.19. The van der Waals surface area contributed by atoms with Gasteiger partial charge in [0.05, 0.1) is 17.3 Å². The van der Waals surface area contributed by atoms with Crippen molar-refractivity contribution in [2.24, 2.45) is 5.92 Å². The van der Waals surface area contributed by atoms with E-state index in [1.54, 1.807) is 0 Å². The molecule has 0 aliphatic carbocycles. The van der Waals surface area contributed by atoms with Crippen molar-refractivity contribution >= 4 is 22.8 Å². The van der Waals surface area contributed by atoms with Crippen molar-refractivity contribution in [2.45, 2.75) is 33.6 Å². The van der Waals surface area contributed by atoms with Crippen LogP contribution < -0.4 is 4.90 Å². The molecule has 0 saturated carbocycles. The number of para-hydroxylation sites is 1. The molecular weight excluding hydrogens is 364 g/mol. The highest BCUT2D eigenvalue weighted by atomic mass is 16.2. The van der Waals surface area contributed by atoms with E-state index < -0.39 is 0 Å². The number of carbonyl (C=O) groups is 1. The number of nitrogens with zero attached hydrogens (tertiary/aromatic N) is 6. The Morgan fingerprint density at radius 1 is 1.07 bits per heavy atom. The van der Waals surface area contributed by atoms with E-state index in [9.17, 15) is 4.79 Å². The molecule has 0 N–H and O–H groups in total. The van der Waals surface area contributed by atoms with Crippen molar-refractivity contribution in [3.05, 3.63) is 42.4 Å². The van der Waals surface area contributed by atoms with Crippen molar-refractivity contribution < 1.29 is 4.79 Å². The first-order valence-electron chi connectivity index (χ1n) is 10.4. The first kappa shape index (κ1) is 19.4. The van der Waals surface area contributed by atoms with Crippen molar-refractivity contribution in [1.29, 1.82) is 0 Å². The summed E-state index contributed by atoms with van der Waals surface area (Å²) in [5.41, 5.74) is 1.81. The number of rotatable bonds is 5. The van der Waals surface area contributed by atoms with Gasteiger partial charge in [0.15, 0.2) is 5.65 Å². The number of anilines is 1. The summed E-state index contributed by atoms with van der Waals surface area (Å²) in [6.45, 7) is 9.24. The van der Waals surface area contributed by atoms with Crippen LogP contribution in [0.25, 0.3) is 16.7 Å². The molecule has 0 spiro atoms. The lowest BCUT2D eigenvalue weighted by Gasteiger charge is -2.36. The van der Waals surface area contributed by atoms with Gasteiger partial charge in [0.1, 0.15) is 11.6 Å². The number of fused-ring (bicyclic) bond motifs is 1. The highest BCUT2D eigenvalue weighted by molar-refractivity contribution is 5.88. The standard InChI is InChI=1S/C22H28N6O/c1-4-19-24-21(27-12-10-26(11-13-27)20(29)14-16(2)3)18-15-23-28(22(18)25-19)17-8-6-5-7-9-17/h5-9,15-16H,4,10-14H2,1-3H3. The molecule has 7 heteroatoms. The molecule has 1 aromatic carbocycles. The van der Waals surface area contributed by atoms with E-state index in [1.165, 1.54) is 0 Å². The third kappa shape index (κ3) is 3.95. The van der Waals surface area contributed by atoms with Gasteiger partial charge in [0.2, 0.25) is 5.91 Å². The van der Waals surface area contributed by atoms with Gasteiger partial charge in [-0.25, -0.2) is 14.6 Å². The molecule has 2 aromatic heterocycles. The molecular formula is C22H28N6O. The molecule has 3 heterocycles. The molecule has 0 atom stereocenters. The summed E-state index contributed by atoms with van der Waals surface area (Å²) in [7, 11) is 0. The summed E-state index contributed by atoms with van der Waals surface area (Å²) < 4.78 is 1.88. The summed E-state index contributed by atoms with van der Waals surface area (Å²) in [4.78, 5) is 26.2. The average molecular weight is 393 g/mol. The molecule has 1 aliphatic rings. The molecule has 29 heavy (non-hydrogen) atoms. The van der Waals surface area contributed by atoms with Gasteiger partial charge in [-0.15, -0.1) is 0 Å². The number of hydrogen-bond acceptors (Lipinski definition) is 5. The molecule has 152 valence electrons. The normalized spacial score (nSPS) is 14.8. The van der Waals surface area contributed by atoms with E-state index >= 15 is 0 Å². The van der Waals surface area contributed by atoms with Crippen LogP contribution in [0.15, 0.2) is 36.5 Å². The predicted octanol–water partition coefficient (Wildman–Crippen LogP) is 3.07. The van der Waals surface area contributed by atoms with Crippen molar-refractivity contribution in [2.75, 3.05) is 31.1 Å². The first-order valence-corrected chi connectivity index (χ1v) is 10.4. The minimum absolute atomic E-state index is 0.249. The summed E-state index contributed by atoms with van der Waals surface area (Å²) in [5.74, 6) is 2.37. The lowest BCUT2D eigenvalue weighted by Crippen LogP contribution is -2.49. The number of benzene rings is 1. The quantitative estimate of drug-likeness (QED) is 0.668. The Kier molecular flexibility index (Phi) is 5.47. The molecule has 3 aromatic rings. The topological polar surface area (TPSA) is 67.2 Å². The van der Waals surface area contributed by atoms with Gasteiger partial charge in [-0.05, 0) is 18.1 Å². The minimum atomic E-state index is 0.249. The van der Waals surface area contributed by atoms with Crippen LogP contribution in [0.5, 0.6) is 0 Å². The van der Waals surface area contributed by atoms with Crippen LogP contribution in [0, 0.1) is 5.92 Å². The smallest absolute Gasteiger partial charge is 0.222 e. The highest BCUT2D eigenvalue weighted by Crippen LogP contribution is 2.27. The minimum Gasteiger partial charge on any atom is -0.352 e. The third-order valence-electron chi connectivity index (χ3n) is 5.29. The first-order chi connectivity index (χ1) is 14.1. The Bertz CT molecular complexity index is 989. The van der Waals surface area contributed by atoms with Gasteiger partial charge in [-0.2, -0.15) is 5.10 Å². The van der Waals surface area contributed by atoms with E-state index in [1.807, 2.05) is 46.1 Å². The van der Waals surface area contributed by atoms with Gasteiger partial charge in [-0.1, -0.05) is 39.0 Å². The Morgan fingerprint density at radius 3 is 2.45 bits per heavy atom. The number of carbonyl (C=O) groups excluding carboxylic acids is 1. The van der Waals surface area contributed by atoms with Crippen LogP contribution >= 0.6 is 0 Å². The van der Waals surface area contributed by atoms with Crippen molar-refractivity contribution in [1.82, 2.24) is 24.6 Å². The molecule has 1 fully saturated rings. The summed E-state index contributed by atoms with van der Waals surface area (Å²) in [5, 5.41) is 5.55. The fourth-order valence-electron chi connectivity index (χ4n) is 3.74. The zero-order chi connectivity index (χ0) is 20.4. The second-order valence-electron chi connectivity index (χ2n) is 7.91. The Hall–Kier alpha value is -2.96. The molecule has 1 amide bonds. The fourth-order valence-corrected chi connectivity index (χ4v) is 3.74. The SMILES string of the molecule is CCc1nc(N2CCN(C(=O)CC(C)C)CC2)c2cnn(-c3ccccc3)c2n1. The number of piperazine rings is 1. The zero-order valence-electron chi connectivity index (χ0n) is 17.4. The summed E-state index contributed by atoms with van der Waals surface area (Å²) in [6, 6.07) is 10.0. The lowest BCUT2D eigenvalue weighted by molar-refractivity contribution is -0.132. The molecule has 7 nitrogen and oxygen atoms in total. The van der Waals surface area contributed by atoms with Crippen LogP contribution in [-0.2, 0) is 11.2 Å². The van der Waals surface area contributed by atoms with Gasteiger partial charge in [-0.3, -0.25) is 4.79 Å². The van der Waals surface area contributed by atoms with E-state index in [0.29, 0.717) is 12.3 Å². The maximum atomic E-state index is 12.4. The molecule has 0 bridgehead atoms. The maximum Gasteiger partial charge on any atom is 0.222 e. The number of aryl methyl sites for hydroxylation is 1. The average Bonchev–Trinajstić information content (AvgIpc) is 3.17. The second-order valence-corrected chi connectivity index (χ2v) is 7.91. The van der Waals surface area contributed by atoms with Gasteiger partial charge in [0.25, 0.3) is 0 Å². The third-order valence-corrected chi connectivity index (χ3v) is 5.29. The van der Waals surface area contributed by atoms with Gasteiger partial charge < -0.3 is 9.80 Å². The Morgan fingerprint density at radius 2 is 1.79 bits per heavy atom. The number of hydrogen-bond donors (Lipinski definition) is 0. The van der Waals surface area contributed by atoms with Crippen molar-refractivity contribution in [3.63, 3.8) is 0 Å².